The summed E-state index contributed by atoms with van der Waals surface area (Å²) < 4.78 is 17.6. The molecule has 1 aromatic rings. The van der Waals surface area contributed by atoms with Gasteiger partial charge in [0.15, 0.2) is 5.43 Å². The Balaban J connectivity index is 2.21. The smallest absolute Gasteiger partial charge is 0.291 e. The first kappa shape index (κ1) is 23.5. The summed E-state index contributed by atoms with van der Waals surface area (Å²) in [5.74, 6) is -0.403. The van der Waals surface area contributed by atoms with E-state index in [4.69, 9.17) is 13.9 Å². The van der Waals surface area contributed by atoms with Crippen molar-refractivity contribution in [1.82, 2.24) is 0 Å². The molecule has 1 aromatic heterocycles. The molecule has 0 aromatic carbocycles. The Labute approximate surface area is 183 Å². The zero-order valence-electron chi connectivity index (χ0n) is 19.8. The van der Waals surface area contributed by atoms with Crippen LogP contribution in [0, 0.1) is 25.7 Å². The van der Waals surface area contributed by atoms with Crippen LogP contribution in [0.25, 0.3) is 0 Å². The van der Waals surface area contributed by atoms with E-state index in [2.05, 4.69) is 6.58 Å². The van der Waals surface area contributed by atoms with E-state index < -0.39 is 29.0 Å². The molecule has 1 saturated heterocycles. The second kappa shape index (κ2) is 7.75. The van der Waals surface area contributed by atoms with Crippen LogP contribution in [-0.2, 0) is 14.9 Å². The molecule has 6 atom stereocenters. The quantitative estimate of drug-likeness (QED) is 0.523. The Morgan fingerprint density at radius 1 is 1.29 bits per heavy atom. The number of hydrogen-bond donors (Lipinski definition) is 1. The minimum Gasteiger partial charge on any atom is -0.468 e. The molecule has 0 radical (unpaired) electrons. The number of fused-ring (bicyclic) bond motifs is 1. The molecule has 2 heterocycles. The molecule has 1 N–H and O–H groups in total. The lowest BCUT2D eigenvalue weighted by Gasteiger charge is -2.43. The number of epoxide rings is 1. The zero-order valence-corrected chi connectivity index (χ0v) is 19.8. The Morgan fingerprint density at radius 2 is 1.90 bits per heavy atom. The first-order valence-corrected chi connectivity index (χ1v) is 10.8. The van der Waals surface area contributed by atoms with Crippen LogP contribution in [0.15, 0.2) is 33.0 Å². The highest BCUT2D eigenvalue weighted by atomic mass is 16.6. The van der Waals surface area contributed by atoms with E-state index in [0.29, 0.717) is 28.9 Å². The molecule has 0 amide bonds. The average Bonchev–Trinajstić information content (AvgIpc) is 3.42. The highest BCUT2D eigenvalue weighted by Crippen LogP contribution is 2.61. The van der Waals surface area contributed by atoms with E-state index in [1.807, 2.05) is 26.8 Å². The van der Waals surface area contributed by atoms with Gasteiger partial charge in [0.25, 0.3) is 5.95 Å². The van der Waals surface area contributed by atoms with Gasteiger partial charge in [0.05, 0.1) is 24.2 Å². The normalized spacial score (nSPS) is 31.3. The molecular formula is C25H34O6. The van der Waals surface area contributed by atoms with Crippen LogP contribution < -0.4 is 10.2 Å². The van der Waals surface area contributed by atoms with Gasteiger partial charge in [-0.05, 0) is 45.8 Å². The molecule has 6 nitrogen and oxygen atoms in total. The molecule has 31 heavy (non-hydrogen) atoms. The first-order valence-electron chi connectivity index (χ1n) is 10.8. The molecule has 0 bridgehead atoms. The zero-order chi connectivity index (χ0) is 23.5. The monoisotopic (exact) mass is 430 g/mol. The van der Waals surface area contributed by atoms with Gasteiger partial charge in [0, 0.05) is 23.8 Å². The van der Waals surface area contributed by atoms with Gasteiger partial charge < -0.3 is 19.0 Å². The number of methoxy groups -OCH3 is 1. The van der Waals surface area contributed by atoms with Crippen LogP contribution in [0.5, 0.6) is 5.95 Å². The van der Waals surface area contributed by atoms with Crippen molar-refractivity contribution in [2.24, 2.45) is 11.8 Å². The molecule has 5 unspecified atom stereocenters. The lowest BCUT2D eigenvalue weighted by Crippen LogP contribution is -2.48. The van der Waals surface area contributed by atoms with Crippen LogP contribution in [0.3, 0.4) is 0 Å². The second-order valence-electron chi connectivity index (χ2n) is 9.42. The van der Waals surface area contributed by atoms with Crippen molar-refractivity contribution >= 4 is 5.78 Å². The van der Waals surface area contributed by atoms with Gasteiger partial charge in [-0.2, -0.15) is 0 Å². The van der Waals surface area contributed by atoms with Gasteiger partial charge in [-0.25, -0.2) is 0 Å². The van der Waals surface area contributed by atoms with Crippen molar-refractivity contribution in [2.75, 3.05) is 7.11 Å². The van der Waals surface area contributed by atoms with Crippen molar-refractivity contribution in [3.05, 3.63) is 50.9 Å². The number of Topliss-reactive ketones (excluding diaryl/α,β-unsaturated/α-hetero) is 1. The third-order valence-electron chi connectivity index (χ3n) is 7.23. The molecule has 0 saturated carbocycles. The third-order valence-corrected chi connectivity index (χ3v) is 7.23. The van der Waals surface area contributed by atoms with Gasteiger partial charge in [0.2, 0.25) is 0 Å². The number of rotatable bonds is 7. The maximum absolute atomic E-state index is 12.9. The summed E-state index contributed by atoms with van der Waals surface area (Å²) in [5, 5.41) is 11.1. The van der Waals surface area contributed by atoms with E-state index in [9.17, 15) is 14.7 Å². The number of carbonyl (C=O) groups is 1. The number of ether oxygens (including phenoxy) is 2. The lowest BCUT2D eigenvalue weighted by molar-refractivity contribution is -0.124. The standard InChI is InChI=1S/C25H34O6/c1-10-17(26)13(3)18(27)14(4)20-24(7,11-12(2)21-25(20,8)31-21)22-15(5)19(28)16(6)23(29-9)30-22/h11,13,18,20-21,27H,4,10H2,1-3,5-9H3/t13?,18?,20?,21?,24-,25?/m1/s1. The maximum Gasteiger partial charge on any atom is 0.291 e. The fraction of sp³-hybridized carbons (Fsp3) is 0.600. The number of hydrogen-bond acceptors (Lipinski definition) is 6. The topological polar surface area (TPSA) is 89.3 Å². The van der Waals surface area contributed by atoms with Crippen molar-refractivity contribution in [3.8, 4) is 5.95 Å². The predicted molar refractivity (Wildman–Crippen MR) is 118 cm³/mol. The fourth-order valence-corrected chi connectivity index (χ4v) is 5.58. The molecule has 3 rings (SSSR count). The maximum atomic E-state index is 12.9. The molecule has 1 fully saturated rings. The van der Waals surface area contributed by atoms with Gasteiger partial charge in [-0.15, -0.1) is 0 Å². The summed E-state index contributed by atoms with van der Waals surface area (Å²) in [6.07, 6.45) is 1.24. The van der Waals surface area contributed by atoms with Gasteiger partial charge in [-0.3, -0.25) is 9.59 Å². The minimum absolute atomic E-state index is 0.0315. The van der Waals surface area contributed by atoms with Crippen molar-refractivity contribution in [1.29, 1.82) is 0 Å². The average molecular weight is 431 g/mol. The Morgan fingerprint density at radius 3 is 2.45 bits per heavy atom. The third kappa shape index (κ3) is 3.40. The SMILES string of the molecule is C=C(C(O)C(C)C(=O)CC)C1C2(C)OC2C(C)=C[C@@]1(C)c1oc(OC)c(C)c(=O)c1C. The van der Waals surface area contributed by atoms with Gasteiger partial charge in [0.1, 0.15) is 23.2 Å². The molecule has 2 aliphatic rings. The van der Waals surface area contributed by atoms with Crippen molar-refractivity contribution in [2.45, 2.75) is 78.1 Å². The summed E-state index contributed by atoms with van der Waals surface area (Å²) >= 11 is 0. The van der Waals surface area contributed by atoms with Crippen LogP contribution in [-0.4, -0.2) is 35.8 Å². The summed E-state index contributed by atoms with van der Waals surface area (Å²) in [5.41, 5.74) is 0.835. The Bertz CT molecular complexity index is 1020. The van der Waals surface area contributed by atoms with Crippen LogP contribution in [0.1, 0.15) is 57.9 Å². The highest BCUT2D eigenvalue weighted by Gasteiger charge is 2.67. The number of aliphatic hydroxyl groups excluding tert-OH is 1. The molecule has 0 spiro atoms. The molecule has 170 valence electrons. The Kier molecular flexibility index (Phi) is 5.87. The predicted octanol–water partition coefficient (Wildman–Crippen LogP) is 3.79. The van der Waals surface area contributed by atoms with Gasteiger partial charge >= 0.3 is 0 Å². The van der Waals surface area contributed by atoms with E-state index in [1.165, 1.54) is 7.11 Å². The summed E-state index contributed by atoms with van der Waals surface area (Å²) in [7, 11) is 1.47. The largest absolute Gasteiger partial charge is 0.468 e. The van der Waals surface area contributed by atoms with Crippen molar-refractivity contribution < 1.29 is 23.8 Å². The first-order chi connectivity index (χ1) is 14.3. The second-order valence-corrected chi connectivity index (χ2v) is 9.42. The molecular weight excluding hydrogens is 396 g/mol. The summed E-state index contributed by atoms with van der Waals surface area (Å²) in [4.78, 5) is 25.2. The lowest BCUT2D eigenvalue weighted by atomic mass is 9.59. The van der Waals surface area contributed by atoms with Crippen molar-refractivity contribution in [3.63, 3.8) is 0 Å². The molecule has 1 aliphatic heterocycles. The van der Waals surface area contributed by atoms with E-state index >= 15 is 0 Å². The summed E-state index contributed by atoms with van der Waals surface area (Å²) in [6.45, 7) is 17.1. The Hall–Kier alpha value is -2.18. The summed E-state index contributed by atoms with van der Waals surface area (Å²) in [6, 6.07) is 0. The fourth-order valence-electron chi connectivity index (χ4n) is 5.58. The molecule has 1 aliphatic carbocycles. The van der Waals surface area contributed by atoms with Crippen LogP contribution in [0.4, 0.5) is 0 Å². The van der Waals surface area contributed by atoms with E-state index in [-0.39, 0.29) is 23.3 Å². The molecule has 6 heteroatoms. The number of ketones is 1. The van der Waals surface area contributed by atoms with E-state index in [0.717, 1.165) is 5.57 Å². The van der Waals surface area contributed by atoms with Gasteiger partial charge in [-0.1, -0.05) is 26.5 Å². The minimum atomic E-state index is -1.04. The number of allylic oxidation sites excluding steroid dienone is 1. The number of carbonyl (C=O) groups excluding carboxylic acids is 1. The highest BCUT2D eigenvalue weighted by molar-refractivity contribution is 5.81. The van der Waals surface area contributed by atoms with Crippen LogP contribution >= 0.6 is 0 Å². The number of aliphatic hydroxyl groups is 1. The van der Waals surface area contributed by atoms with Crippen LogP contribution in [0.2, 0.25) is 0 Å². The van der Waals surface area contributed by atoms with E-state index in [1.54, 1.807) is 27.7 Å².